The molecular formula is C21H43IN6O2. The van der Waals surface area contributed by atoms with Crippen LogP contribution in [0.15, 0.2) is 4.99 Å². The van der Waals surface area contributed by atoms with Crippen molar-refractivity contribution >= 4 is 35.8 Å². The fourth-order valence-corrected chi connectivity index (χ4v) is 3.74. The van der Waals surface area contributed by atoms with Gasteiger partial charge in [0.2, 0.25) is 5.91 Å². The number of rotatable bonds is 10. The van der Waals surface area contributed by atoms with Crippen molar-refractivity contribution in [3.8, 4) is 0 Å². The zero-order valence-corrected chi connectivity index (χ0v) is 21.5. The van der Waals surface area contributed by atoms with Crippen LogP contribution in [-0.4, -0.2) is 112 Å². The van der Waals surface area contributed by atoms with Crippen molar-refractivity contribution in [2.24, 2.45) is 4.99 Å². The molecule has 0 bridgehead atoms. The number of likely N-dealkylation sites (tertiary alicyclic amines) is 1. The van der Waals surface area contributed by atoms with Crippen LogP contribution in [0.25, 0.3) is 0 Å². The van der Waals surface area contributed by atoms with Crippen LogP contribution in [0.2, 0.25) is 0 Å². The first-order valence-electron chi connectivity index (χ1n) is 11.3. The Morgan fingerprint density at radius 3 is 2.40 bits per heavy atom. The molecule has 8 nitrogen and oxygen atoms in total. The second kappa shape index (κ2) is 16.0. The molecular weight excluding hydrogens is 495 g/mol. The number of morpholine rings is 1. The van der Waals surface area contributed by atoms with Crippen LogP contribution < -0.4 is 10.6 Å². The molecule has 0 spiro atoms. The highest BCUT2D eigenvalue weighted by molar-refractivity contribution is 14.0. The molecule has 0 aliphatic carbocycles. The molecule has 2 aliphatic heterocycles. The molecule has 1 atom stereocenters. The number of carbonyl (C=O) groups is 1. The van der Waals surface area contributed by atoms with Crippen molar-refractivity contribution in [3.05, 3.63) is 0 Å². The first-order valence-corrected chi connectivity index (χ1v) is 11.3. The second-order valence-electron chi connectivity index (χ2n) is 8.35. The predicted octanol–water partition coefficient (Wildman–Crippen LogP) is 1.21. The van der Waals surface area contributed by atoms with E-state index in [2.05, 4.69) is 32.3 Å². The van der Waals surface area contributed by atoms with Gasteiger partial charge in [-0.2, -0.15) is 0 Å². The predicted molar refractivity (Wildman–Crippen MR) is 134 cm³/mol. The van der Waals surface area contributed by atoms with Gasteiger partial charge in [-0.1, -0.05) is 6.42 Å². The van der Waals surface area contributed by atoms with Crippen molar-refractivity contribution < 1.29 is 9.53 Å². The molecule has 9 heteroatoms. The Bertz CT molecular complexity index is 494. The van der Waals surface area contributed by atoms with Crippen LogP contribution in [0.5, 0.6) is 0 Å². The summed E-state index contributed by atoms with van der Waals surface area (Å²) in [6, 6.07) is 0.578. The Morgan fingerprint density at radius 2 is 1.73 bits per heavy atom. The Balaban J connectivity index is 0.00000450. The highest BCUT2D eigenvalue weighted by Gasteiger charge is 2.16. The summed E-state index contributed by atoms with van der Waals surface area (Å²) in [5, 5.41) is 6.83. The van der Waals surface area contributed by atoms with Crippen LogP contribution >= 0.6 is 24.0 Å². The van der Waals surface area contributed by atoms with E-state index in [4.69, 9.17) is 4.74 Å². The molecule has 0 aromatic carbocycles. The summed E-state index contributed by atoms with van der Waals surface area (Å²) in [6.45, 7) is 11.4. The van der Waals surface area contributed by atoms with E-state index in [0.717, 1.165) is 64.7 Å². The number of hydrogen-bond donors (Lipinski definition) is 2. The SMILES string of the molecule is CC(CCNC(=NCC(=O)N(C)C)NCCCN1CCOCC1)N1CCCCC1.I. The highest BCUT2D eigenvalue weighted by atomic mass is 127. The lowest BCUT2D eigenvalue weighted by Crippen LogP contribution is -2.43. The maximum absolute atomic E-state index is 11.9. The molecule has 30 heavy (non-hydrogen) atoms. The van der Waals surface area contributed by atoms with Gasteiger partial charge >= 0.3 is 0 Å². The van der Waals surface area contributed by atoms with E-state index >= 15 is 0 Å². The summed E-state index contributed by atoms with van der Waals surface area (Å²) >= 11 is 0. The molecule has 2 N–H and O–H groups in total. The number of likely N-dealkylation sites (N-methyl/N-ethyl adjacent to an activating group) is 1. The average Bonchev–Trinajstić information content (AvgIpc) is 2.75. The molecule has 0 aromatic rings. The van der Waals surface area contributed by atoms with Gasteiger partial charge in [-0.3, -0.25) is 9.69 Å². The van der Waals surface area contributed by atoms with Gasteiger partial charge in [-0.15, -0.1) is 24.0 Å². The van der Waals surface area contributed by atoms with Crippen LogP contribution in [0.3, 0.4) is 0 Å². The van der Waals surface area contributed by atoms with Gasteiger partial charge in [0, 0.05) is 46.3 Å². The van der Waals surface area contributed by atoms with E-state index in [9.17, 15) is 4.79 Å². The van der Waals surface area contributed by atoms with Crippen LogP contribution in [0.4, 0.5) is 0 Å². The Labute approximate surface area is 200 Å². The molecule has 2 rings (SSSR count). The first kappa shape index (κ1) is 27.4. The fraction of sp³-hybridized carbons (Fsp3) is 0.905. The largest absolute Gasteiger partial charge is 0.379 e. The van der Waals surface area contributed by atoms with Crippen LogP contribution in [0, 0.1) is 0 Å². The van der Waals surface area contributed by atoms with Gasteiger partial charge in [0.25, 0.3) is 0 Å². The number of aliphatic imine (C=N–C) groups is 1. The lowest BCUT2D eigenvalue weighted by Gasteiger charge is -2.32. The van der Waals surface area contributed by atoms with E-state index in [1.54, 1.807) is 19.0 Å². The van der Waals surface area contributed by atoms with Gasteiger partial charge in [-0.25, -0.2) is 4.99 Å². The van der Waals surface area contributed by atoms with Crippen molar-refractivity contribution in [2.75, 3.05) is 79.7 Å². The number of halogens is 1. The Kier molecular flexibility index (Phi) is 14.6. The standard InChI is InChI=1S/C21H42N6O2.HI/c1-19(27-12-5-4-6-13-27)8-10-23-21(24-18-20(28)25(2)3)22-9-7-11-26-14-16-29-17-15-26;/h19H,4-18H2,1-3H3,(H2,22,23,24);1H. The normalized spacial score (nSPS) is 19.6. The summed E-state index contributed by atoms with van der Waals surface area (Å²) < 4.78 is 5.40. The van der Waals surface area contributed by atoms with Crippen molar-refractivity contribution in [2.45, 2.75) is 45.1 Å². The number of nitrogens with one attached hydrogen (secondary N) is 2. The zero-order valence-electron chi connectivity index (χ0n) is 19.2. The van der Waals surface area contributed by atoms with E-state index in [1.165, 1.54) is 32.4 Å². The molecule has 0 radical (unpaired) electrons. The van der Waals surface area contributed by atoms with Crippen molar-refractivity contribution in [3.63, 3.8) is 0 Å². The number of piperidine rings is 1. The molecule has 0 aromatic heterocycles. The number of carbonyl (C=O) groups excluding carboxylic acids is 1. The summed E-state index contributed by atoms with van der Waals surface area (Å²) in [7, 11) is 3.53. The third kappa shape index (κ3) is 11.1. The molecule has 2 heterocycles. The summed E-state index contributed by atoms with van der Waals surface area (Å²) in [6.07, 6.45) is 6.14. The number of nitrogens with zero attached hydrogens (tertiary/aromatic N) is 4. The third-order valence-electron chi connectivity index (χ3n) is 5.79. The fourth-order valence-electron chi connectivity index (χ4n) is 3.74. The van der Waals surface area contributed by atoms with Crippen LogP contribution in [0.1, 0.15) is 39.0 Å². The van der Waals surface area contributed by atoms with Crippen molar-refractivity contribution in [1.82, 2.24) is 25.3 Å². The zero-order chi connectivity index (χ0) is 20.9. The lowest BCUT2D eigenvalue weighted by molar-refractivity contribution is -0.127. The number of ether oxygens (including phenoxy) is 1. The minimum atomic E-state index is 0. The second-order valence-corrected chi connectivity index (χ2v) is 8.35. The summed E-state index contributed by atoms with van der Waals surface area (Å²) in [5.41, 5.74) is 0. The Hall–Kier alpha value is -0.650. The minimum absolute atomic E-state index is 0. The number of amides is 1. The molecule has 1 amide bonds. The van der Waals surface area contributed by atoms with Crippen molar-refractivity contribution in [1.29, 1.82) is 0 Å². The van der Waals surface area contributed by atoms with Gasteiger partial charge in [0.15, 0.2) is 5.96 Å². The quantitative estimate of drug-likeness (QED) is 0.189. The molecule has 2 aliphatic rings. The van der Waals surface area contributed by atoms with Crippen LogP contribution in [-0.2, 0) is 9.53 Å². The topological polar surface area (TPSA) is 72.4 Å². The summed E-state index contributed by atoms with van der Waals surface area (Å²) in [5.74, 6) is 0.758. The number of guanidine groups is 1. The molecule has 0 saturated carbocycles. The molecule has 2 fully saturated rings. The molecule has 1 unspecified atom stereocenters. The minimum Gasteiger partial charge on any atom is -0.379 e. The third-order valence-corrected chi connectivity index (χ3v) is 5.79. The maximum atomic E-state index is 11.9. The van der Waals surface area contributed by atoms with E-state index < -0.39 is 0 Å². The monoisotopic (exact) mass is 538 g/mol. The number of hydrogen-bond acceptors (Lipinski definition) is 5. The van der Waals surface area contributed by atoms with E-state index in [0.29, 0.717) is 6.04 Å². The van der Waals surface area contributed by atoms with E-state index in [-0.39, 0.29) is 36.4 Å². The Morgan fingerprint density at radius 1 is 1.07 bits per heavy atom. The average molecular weight is 539 g/mol. The van der Waals surface area contributed by atoms with Gasteiger partial charge in [0.05, 0.1) is 13.2 Å². The summed E-state index contributed by atoms with van der Waals surface area (Å²) in [4.78, 5) is 23.0. The first-order chi connectivity index (χ1) is 14.1. The van der Waals surface area contributed by atoms with Gasteiger partial charge in [0.1, 0.15) is 6.54 Å². The smallest absolute Gasteiger partial charge is 0.243 e. The lowest BCUT2D eigenvalue weighted by atomic mass is 10.1. The molecule has 2 saturated heterocycles. The molecule has 176 valence electrons. The van der Waals surface area contributed by atoms with Gasteiger partial charge < -0.3 is 25.2 Å². The van der Waals surface area contributed by atoms with E-state index in [1.807, 2.05) is 0 Å². The maximum Gasteiger partial charge on any atom is 0.243 e. The van der Waals surface area contributed by atoms with Gasteiger partial charge in [-0.05, 0) is 52.2 Å². The highest BCUT2D eigenvalue weighted by Crippen LogP contribution is 2.13.